The molecule has 6 heteroatoms. The van der Waals surface area contributed by atoms with Gasteiger partial charge in [0.2, 0.25) is 5.91 Å². The summed E-state index contributed by atoms with van der Waals surface area (Å²) < 4.78 is 13.1. The minimum Gasteiger partial charge on any atom is -0.372 e. The first kappa shape index (κ1) is 19.4. The van der Waals surface area contributed by atoms with E-state index in [2.05, 4.69) is 34.6 Å². The maximum absolute atomic E-state index is 13.1. The number of carbonyl (C=O) groups excluding carboxylic acids is 2. The highest BCUT2D eigenvalue weighted by atomic mass is 19.1. The van der Waals surface area contributed by atoms with Gasteiger partial charge < -0.3 is 15.5 Å². The van der Waals surface area contributed by atoms with Crippen molar-refractivity contribution in [2.24, 2.45) is 0 Å². The van der Waals surface area contributed by atoms with Crippen LogP contribution in [0.2, 0.25) is 0 Å². The van der Waals surface area contributed by atoms with Crippen LogP contribution >= 0.6 is 0 Å². The molecule has 0 bridgehead atoms. The number of hydrogen-bond donors (Lipinski definition) is 2. The predicted octanol–water partition coefficient (Wildman–Crippen LogP) is 2.59. The molecule has 26 heavy (non-hydrogen) atoms. The Balaban J connectivity index is 1.66. The van der Waals surface area contributed by atoms with Gasteiger partial charge in [-0.15, -0.1) is 0 Å². The third-order valence-electron chi connectivity index (χ3n) is 3.93. The fourth-order valence-corrected chi connectivity index (χ4v) is 2.56. The van der Waals surface area contributed by atoms with Crippen LogP contribution in [0.15, 0.2) is 54.6 Å². The zero-order valence-corrected chi connectivity index (χ0v) is 14.9. The largest absolute Gasteiger partial charge is 0.372 e. The van der Waals surface area contributed by atoms with E-state index >= 15 is 0 Å². The van der Waals surface area contributed by atoms with E-state index in [1.807, 2.05) is 18.2 Å². The molecule has 0 spiro atoms. The van der Waals surface area contributed by atoms with Gasteiger partial charge in [-0.2, -0.15) is 0 Å². The lowest BCUT2D eigenvalue weighted by Crippen LogP contribution is -2.38. The van der Waals surface area contributed by atoms with Crippen molar-refractivity contribution in [3.8, 4) is 0 Å². The third-order valence-corrected chi connectivity index (χ3v) is 3.93. The van der Waals surface area contributed by atoms with Crippen molar-refractivity contribution < 1.29 is 14.0 Å². The van der Waals surface area contributed by atoms with Crippen molar-refractivity contribution in [2.45, 2.75) is 13.3 Å². The molecule has 2 rings (SSSR count). The maximum atomic E-state index is 13.1. The van der Waals surface area contributed by atoms with Gasteiger partial charge in [0.25, 0.3) is 5.91 Å². The van der Waals surface area contributed by atoms with Crippen molar-refractivity contribution in [3.63, 3.8) is 0 Å². The number of hydrogen-bond acceptors (Lipinski definition) is 3. The molecule has 5 nitrogen and oxygen atoms in total. The molecule has 0 atom stereocenters. The first-order valence-electron chi connectivity index (χ1n) is 8.70. The van der Waals surface area contributed by atoms with Crippen LogP contribution < -0.4 is 15.5 Å². The van der Waals surface area contributed by atoms with Crippen LogP contribution in [-0.2, 0) is 4.79 Å². The molecule has 0 heterocycles. The van der Waals surface area contributed by atoms with E-state index in [1.165, 1.54) is 18.2 Å². The molecule has 0 aromatic heterocycles. The lowest BCUT2D eigenvalue weighted by molar-refractivity contribution is -0.120. The van der Waals surface area contributed by atoms with Gasteiger partial charge in [0.15, 0.2) is 0 Å². The highest BCUT2D eigenvalue weighted by molar-refractivity contribution is 5.96. The standard InChI is InChI=1S/C20H24FN3O2/c1-2-24(18-10-4-3-5-11-18)13-7-12-22-19(25)15-23-20(26)16-8-6-9-17(21)14-16/h3-6,8-11,14H,2,7,12-13,15H2,1H3,(H,22,25)(H,23,26). The molecule has 2 aromatic carbocycles. The van der Waals surface area contributed by atoms with Gasteiger partial charge >= 0.3 is 0 Å². The zero-order chi connectivity index (χ0) is 18.8. The summed E-state index contributed by atoms with van der Waals surface area (Å²) in [4.78, 5) is 25.9. The minimum atomic E-state index is -0.485. The fraction of sp³-hybridized carbons (Fsp3) is 0.300. The van der Waals surface area contributed by atoms with E-state index in [0.29, 0.717) is 6.54 Å². The van der Waals surface area contributed by atoms with Crippen LogP contribution in [0.25, 0.3) is 0 Å². The number of nitrogens with one attached hydrogen (secondary N) is 2. The molecule has 0 fully saturated rings. The minimum absolute atomic E-state index is 0.133. The van der Waals surface area contributed by atoms with E-state index in [4.69, 9.17) is 0 Å². The van der Waals surface area contributed by atoms with Crippen LogP contribution in [0.4, 0.5) is 10.1 Å². The summed E-state index contributed by atoms with van der Waals surface area (Å²) in [5.41, 5.74) is 1.35. The smallest absolute Gasteiger partial charge is 0.251 e. The summed E-state index contributed by atoms with van der Waals surface area (Å²) in [5, 5.41) is 5.26. The normalized spacial score (nSPS) is 10.2. The Kier molecular flexibility index (Phi) is 7.61. The Hall–Kier alpha value is -2.89. The van der Waals surface area contributed by atoms with Gasteiger partial charge in [-0.05, 0) is 43.7 Å². The van der Waals surface area contributed by atoms with Gasteiger partial charge in [0, 0.05) is 30.9 Å². The Morgan fingerprint density at radius 1 is 1.04 bits per heavy atom. The van der Waals surface area contributed by atoms with Crippen molar-refractivity contribution in [1.82, 2.24) is 10.6 Å². The second-order valence-electron chi connectivity index (χ2n) is 5.81. The topological polar surface area (TPSA) is 61.4 Å². The third kappa shape index (κ3) is 6.20. The van der Waals surface area contributed by atoms with Gasteiger partial charge in [-0.25, -0.2) is 4.39 Å². The molecule has 0 aliphatic heterocycles. The van der Waals surface area contributed by atoms with Gasteiger partial charge in [-0.1, -0.05) is 24.3 Å². The zero-order valence-electron chi connectivity index (χ0n) is 14.9. The Labute approximate surface area is 153 Å². The van der Waals surface area contributed by atoms with Crippen LogP contribution in [-0.4, -0.2) is 38.0 Å². The van der Waals surface area contributed by atoms with Crippen LogP contribution in [0.1, 0.15) is 23.7 Å². The van der Waals surface area contributed by atoms with Crippen molar-refractivity contribution in [2.75, 3.05) is 31.1 Å². The molecule has 138 valence electrons. The van der Waals surface area contributed by atoms with E-state index in [-0.39, 0.29) is 18.0 Å². The van der Waals surface area contributed by atoms with Gasteiger partial charge in [0.1, 0.15) is 5.82 Å². The Morgan fingerprint density at radius 3 is 2.50 bits per heavy atom. The second kappa shape index (κ2) is 10.2. The highest BCUT2D eigenvalue weighted by Crippen LogP contribution is 2.12. The molecule has 2 amide bonds. The molecule has 0 unspecified atom stereocenters. The number of halogens is 1. The van der Waals surface area contributed by atoms with Crippen molar-refractivity contribution >= 4 is 17.5 Å². The average Bonchev–Trinajstić information content (AvgIpc) is 2.67. The summed E-state index contributed by atoms with van der Waals surface area (Å²) >= 11 is 0. The van der Waals surface area contributed by atoms with Crippen molar-refractivity contribution in [1.29, 1.82) is 0 Å². The first-order valence-corrected chi connectivity index (χ1v) is 8.70. The SMILES string of the molecule is CCN(CCCNC(=O)CNC(=O)c1cccc(F)c1)c1ccccc1. The predicted molar refractivity (Wildman–Crippen MR) is 101 cm³/mol. The molecule has 2 aromatic rings. The summed E-state index contributed by atoms with van der Waals surface area (Å²) in [6.07, 6.45) is 0.798. The van der Waals surface area contributed by atoms with E-state index in [0.717, 1.165) is 31.3 Å². The van der Waals surface area contributed by atoms with E-state index in [1.54, 1.807) is 0 Å². The number of benzene rings is 2. The molecular weight excluding hydrogens is 333 g/mol. The number of para-hydroxylation sites is 1. The number of anilines is 1. The van der Waals surface area contributed by atoms with Gasteiger partial charge in [0.05, 0.1) is 6.54 Å². The fourth-order valence-electron chi connectivity index (χ4n) is 2.56. The summed E-state index contributed by atoms with van der Waals surface area (Å²) in [6.45, 7) is 4.20. The summed E-state index contributed by atoms with van der Waals surface area (Å²) in [5.74, 6) is -1.22. The molecule has 0 saturated heterocycles. The quantitative estimate of drug-likeness (QED) is 0.678. The molecular formula is C20H24FN3O2. The molecule has 0 saturated carbocycles. The van der Waals surface area contributed by atoms with E-state index in [9.17, 15) is 14.0 Å². The number of amides is 2. The molecule has 0 aliphatic carbocycles. The van der Waals surface area contributed by atoms with Gasteiger partial charge in [-0.3, -0.25) is 9.59 Å². The maximum Gasteiger partial charge on any atom is 0.251 e. The lowest BCUT2D eigenvalue weighted by atomic mass is 10.2. The average molecular weight is 357 g/mol. The van der Waals surface area contributed by atoms with Crippen LogP contribution in [0.5, 0.6) is 0 Å². The molecule has 0 radical (unpaired) electrons. The van der Waals surface area contributed by atoms with Crippen LogP contribution in [0.3, 0.4) is 0 Å². The highest BCUT2D eigenvalue weighted by Gasteiger charge is 2.09. The summed E-state index contributed by atoms with van der Waals surface area (Å²) in [7, 11) is 0. The monoisotopic (exact) mass is 357 g/mol. The second-order valence-corrected chi connectivity index (χ2v) is 5.81. The first-order chi connectivity index (χ1) is 12.6. The number of nitrogens with zero attached hydrogens (tertiary/aromatic N) is 1. The number of rotatable bonds is 9. The van der Waals surface area contributed by atoms with E-state index < -0.39 is 11.7 Å². The van der Waals surface area contributed by atoms with Crippen molar-refractivity contribution in [3.05, 3.63) is 66.0 Å². The number of carbonyl (C=O) groups is 2. The summed E-state index contributed by atoms with van der Waals surface area (Å²) in [6, 6.07) is 15.5. The van der Waals surface area contributed by atoms with Crippen LogP contribution in [0, 0.1) is 5.82 Å². The Bertz CT molecular complexity index is 722. The molecule has 2 N–H and O–H groups in total. The lowest BCUT2D eigenvalue weighted by Gasteiger charge is -2.23. The molecule has 0 aliphatic rings. The Morgan fingerprint density at radius 2 is 1.81 bits per heavy atom.